The predicted molar refractivity (Wildman–Crippen MR) is 58.5 cm³/mol. The average molecular weight is 370 g/mol. The largest absolute Gasteiger partial charge is 0.396 e. The maximum atomic E-state index is 9.23. The Morgan fingerprint density at radius 2 is 1.70 bits per heavy atom. The second kappa shape index (κ2) is 5.96. The van der Waals surface area contributed by atoms with E-state index in [4.69, 9.17) is 5.11 Å². The second-order valence-electron chi connectivity index (χ2n) is 2.20. The monoisotopic (exact) mass is 370 g/mol. The number of aliphatic hydroxyl groups is 2. The molecule has 0 aromatic carbocycles. The van der Waals surface area contributed by atoms with E-state index < -0.39 is 1.61 Å². The minimum absolute atomic E-state index is 0.265. The van der Waals surface area contributed by atoms with Crippen molar-refractivity contribution in [3.8, 4) is 0 Å². The summed E-state index contributed by atoms with van der Waals surface area (Å²) in [5.41, 5.74) is 0. The van der Waals surface area contributed by atoms with Gasteiger partial charge in [0.1, 0.15) is 0 Å². The van der Waals surface area contributed by atoms with Crippen LogP contribution < -0.4 is 0 Å². The van der Waals surface area contributed by atoms with E-state index in [1.54, 1.807) is 0 Å². The first-order chi connectivity index (χ1) is 4.56. The minimum Gasteiger partial charge on any atom is -0.396 e. The van der Waals surface area contributed by atoms with Gasteiger partial charge in [-0.1, -0.05) is 6.42 Å². The Hall–Kier alpha value is 1.38. The predicted octanol–water partition coefficient (Wildman–Crippen LogP) is 2.06. The lowest BCUT2D eigenvalue weighted by atomic mass is 10.2. The SMILES string of the molecule is OCCCCCC(O)(I)I. The lowest BCUT2D eigenvalue weighted by molar-refractivity contribution is 0.241. The zero-order valence-electron chi connectivity index (χ0n) is 5.69. The van der Waals surface area contributed by atoms with Crippen molar-refractivity contribution in [1.29, 1.82) is 0 Å². The summed E-state index contributed by atoms with van der Waals surface area (Å²) < 4.78 is -0.592. The van der Waals surface area contributed by atoms with E-state index in [0.29, 0.717) is 0 Å². The maximum absolute atomic E-state index is 9.23. The van der Waals surface area contributed by atoms with Crippen molar-refractivity contribution in [1.82, 2.24) is 0 Å². The molecule has 0 aromatic heterocycles. The first-order valence-corrected chi connectivity index (χ1v) is 5.43. The zero-order valence-corrected chi connectivity index (χ0v) is 10.0. The first kappa shape index (κ1) is 11.4. The van der Waals surface area contributed by atoms with E-state index in [1.165, 1.54) is 0 Å². The molecule has 0 aliphatic carbocycles. The van der Waals surface area contributed by atoms with E-state index in [9.17, 15) is 5.11 Å². The highest BCUT2D eigenvalue weighted by Gasteiger charge is 2.15. The van der Waals surface area contributed by atoms with Crippen LogP contribution in [0.4, 0.5) is 0 Å². The van der Waals surface area contributed by atoms with Crippen LogP contribution in [-0.4, -0.2) is 18.4 Å². The smallest absolute Gasteiger partial charge is 0.166 e. The third-order valence-electron chi connectivity index (χ3n) is 1.14. The highest BCUT2D eigenvalue weighted by atomic mass is 127. The van der Waals surface area contributed by atoms with Crippen molar-refractivity contribution < 1.29 is 10.2 Å². The molecule has 62 valence electrons. The summed E-state index contributed by atoms with van der Waals surface area (Å²) in [7, 11) is 0. The van der Waals surface area contributed by atoms with Crippen molar-refractivity contribution in [2.45, 2.75) is 27.3 Å². The molecule has 0 aromatic rings. The third kappa shape index (κ3) is 9.38. The normalized spacial score (nSPS) is 12.0. The average Bonchev–Trinajstić information content (AvgIpc) is 1.78. The number of rotatable bonds is 5. The molecule has 0 bridgehead atoms. The lowest BCUT2D eigenvalue weighted by Crippen LogP contribution is -2.07. The molecular weight excluding hydrogens is 358 g/mol. The molecular formula is C6H12I2O2. The van der Waals surface area contributed by atoms with Crippen molar-refractivity contribution in [2.24, 2.45) is 0 Å². The van der Waals surface area contributed by atoms with Gasteiger partial charge in [0.05, 0.1) is 0 Å². The van der Waals surface area contributed by atoms with Gasteiger partial charge in [-0.05, 0) is 64.4 Å². The fourth-order valence-corrected chi connectivity index (χ4v) is 1.39. The van der Waals surface area contributed by atoms with E-state index in [0.717, 1.165) is 25.7 Å². The van der Waals surface area contributed by atoms with Crippen LogP contribution in [0.25, 0.3) is 0 Å². The molecule has 0 radical (unpaired) electrons. The van der Waals surface area contributed by atoms with Crippen molar-refractivity contribution >= 4 is 45.2 Å². The van der Waals surface area contributed by atoms with Gasteiger partial charge in [-0.2, -0.15) is 0 Å². The summed E-state index contributed by atoms with van der Waals surface area (Å²) in [6.45, 7) is 0.265. The maximum Gasteiger partial charge on any atom is 0.166 e. The van der Waals surface area contributed by atoms with Crippen molar-refractivity contribution in [3.63, 3.8) is 0 Å². The quantitative estimate of drug-likeness (QED) is 0.442. The lowest BCUT2D eigenvalue weighted by Gasteiger charge is -2.11. The minimum atomic E-state index is -0.592. The molecule has 0 aliphatic heterocycles. The fraction of sp³-hybridized carbons (Fsp3) is 1.00. The molecule has 0 amide bonds. The Morgan fingerprint density at radius 1 is 1.10 bits per heavy atom. The van der Waals surface area contributed by atoms with Gasteiger partial charge in [0.15, 0.2) is 1.61 Å². The highest BCUT2D eigenvalue weighted by molar-refractivity contribution is 14.2. The number of aliphatic hydroxyl groups excluding tert-OH is 1. The number of alkyl halides is 2. The Balaban J connectivity index is 3.04. The first-order valence-electron chi connectivity index (χ1n) is 3.27. The molecule has 0 unspecified atom stereocenters. The molecule has 0 saturated carbocycles. The Labute approximate surface area is 88.7 Å². The van der Waals surface area contributed by atoms with E-state index >= 15 is 0 Å². The molecule has 0 spiro atoms. The Morgan fingerprint density at radius 3 is 2.10 bits per heavy atom. The van der Waals surface area contributed by atoms with Gasteiger partial charge in [0.2, 0.25) is 0 Å². The van der Waals surface area contributed by atoms with Crippen LogP contribution in [0.5, 0.6) is 0 Å². The van der Waals surface area contributed by atoms with Crippen LogP contribution in [0.1, 0.15) is 25.7 Å². The molecule has 0 saturated heterocycles. The van der Waals surface area contributed by atoms with Gasteiger partial charge >= 0.3 is 0 Å². The van der Waals surface area contributed by atoms with Gasteiger partial charge in [0, 0.05) is 6.61 Å². The van der Waals surface area contributed by atoms with Crippen LogP contribution in [0.3, 0.4) is 0 Å². The standard InChI is InChI=1S/C6H12I2O2/c7-6(8,10)4-2-1-3-5-9/h9-10H,1-5H2. The van der Waals surface area contributed by atoms with E-state index in [-0.39, 0.29) is 6.61 Å². The summed E-state index contributed by atoms with van der Waals surface area (Å²) in [6, 6.07) is 0. The number of unbranched alkanes of at least 4 members (excludes halogenated alkanes) is 2. The van der Waals surface area contributed by atoms with Crippen molar-refractivity contribution in [2.75, 3.05) is 6.61 Å². The van der Waals surface area contributed by atoms with Gasteiger partial charge in [-0.25, -0.2) is 0 Å². The van der Waals surface area contributed by atoms with Crippen LogP contribution in [-0.2, 0) is 0 Å². The fourth-order valence-electron chi connectivity index (χ4n) is 0.626. The summed E-state index contributed by atoms with van der Waals surface area (Å²) in [5, 5.41) is 17.7. The molecule has 2 N–H and O–H groups in total. The molecule has 4 heteroatoms. The Kier molecular flexibility index (Phi) is 6.78. The van der Waals surface area contributed by atoms with Gasteiger partial charge in [-0.15, -0.1) is 0 Å². The molecule has 0 rings (SSSR count). The zero-order chi connectivity index (χ0) is 8.04. The number of hydrogen-bond donors (Lipinski definition) is 2. The molecule has 0 aliphatic rings. The van der Waals surface area contributed by atoms with Gasteiger partial charge in [-0.3, -0.25) is 0 Å². The molecule has 2 nitrogen and oxygen atoms in total. The molecule has 0 atom stereocenters. The Bertz CT molecular complexity index is 80.3. The van der Waals surface area contributed by atoms with Crippen molar-refractivity contribution in [3.05, 3.63) is 0 Å². The summed E-state index contributed by atoms with van der Waals surface area (Å²) in [6.07, 6.45) is 3.64. The topological polar surface area (TPSA) is 40.5 Å². The van der Waals surface area contributed by atoms with Crippen LogP contribution in [0.15, 0.2) is 0 Å². The third-order valence-corrected chi connectivity index (χ3v) is 2.21. The summed E-state index contributed by atoms with van der Waals surface area (Å²) in [5.74, 6) is 0. The van der Waals surface area contributed by atoms with Crippen LogP contribution in [0, 0.1) is 0 Å². The number of hydrogen-bond acceptors (Lipinski definition) is 2. The van der Waals surface area contributed by atoms with E-state index in [2.05, 4.69) is 0 Å². The van der Waals surface area contributed by atoms with E-state index in [1.807, 2.05) is 45.2 Å². The molecule has 0 fully saturated rings. The molecule has 10 heavy (non-hydrogen) atoms. The highest BCUT2D eigenvalue weighted by Crippen LogP contribution is 2.29. The summed E-state index contributed by atoms with van der Waals surface area (Å²) in [4.78, 5) is 0. The van der Waals surface area contributed by atoms with Gasteiger partial charge in [0.25, 0.3) is 0 Å². The van der Waals surface area contributed by atoms with Crippen LogP contribution in [0.2, 0.25) is 0 Å². The van der Waals surface area contributed by atoms with Gasteiger partial charge < -0.3 is 10.2 Å². The molecule has 0 heterocycles. The van der Waals surface area contributed by atoms with Crippen LogP contribution >= 0.6 is 45.2 Å². The second-order valence-corrected chi connectivity index (χ2v) is 7.83. The summed E-state index contributed by atoms with van der Waals surface area (Å²) >= 11 is 4.02. The number of halogens is 2.